The van der Waals surface area contributed by atoms with E-state index in [1.54, 1.807) is 0 Å². The summed E-state index contributed by atoms with van der Waals surface area (Å²) in [5, 5.41) is 0.692. The Morgan fingerprint density at radius 1 is 0.926 bits per heavy atom. The van der Waals surface area contributed by atoms with Crippen molar-refractivity contribution in [3.8, 4) is 5.75 Å². The van der Waals surface area contributed by atoms with Crippen molar-refractivity contribution < 1.29 is 9.53 Å². The van der Waals surface area contributed by atoms with Crippen LogP contribution in [0.5, 0.6) is 5.75 Å². The average Bonchev–Trinajstić information content (AvgIpc) is 2.68. The third-order valence-electron chi connectivity index (χ3n) is 5.38. The maximum absolute atomic E-state index is 13.4. The highest BCUT2D eigenvalue weighted by Crippen LogP contribution is 2.46. The second-order valence-corrected chi connectivity index (χ2v) is 7.51. The molecule has 0 saturated heterocycles. The van der Waals surface area contributed by atoms with Gasteiger partial charge in [-0.2, -0.15) is 0 Å². The second-order valence-electron chi connectivity index (χ2n) is 7.07. The average molecular weight is 377 g/mol. The van der Waals surface area contributed by atoms with Crippen LogP contribution in [0.2, 0.25) is 5.02 Å². The van der Waals surface area contributed by atoms with Crippen LogP contribution in [0.4, 0.5) is 0 Å². The van der Waals surface area contributed by atoms with Crippen LogP contribution in [0.3, 0.4) is 0 Å². The van der Waals surface area contributed by atoms with Gasteiger partial charge >= 0.3 is 0 Å². The highest BCUT2D eigenvalue weighted by atomic mass is 35.5. The van der Waals surface area contributed by atoms with Crippen LogP contribution >= 0.6 is 11.6 Å². The number of rotatable bonds is 6. The number of carbonyl (C=O) groups excluding carboxylic acids is 1. The number of hydrogen-bond donors (Lipinski definition) is 0. The molecule has 0 heterocycles. The van der Waals surface area contributed by atoms with E-state index >= 15 is 0 Å². The molecule has 0 amide bonds. The van der Waals surface area contributed by atoms with E-state index < -0.39 is 5.41 Å². The third-order valence-corrected chi connectivity index (χ3v) is 5.64. The Morgan fingerprint density at radius 3 is 2.33 bits per heavy atom. The number of carbonyl (C=O) groups is 1. The van der Waals surface area contributed by atoms with E-state index in [0.717, 1.165) is 36.1 Å². The van der Waals surface area contributed by atoms with Crippen molar-refractivity contribution in [2.24, 2.45) is 0 Å². The first-order valence-electron chi connectivity index (χ1n) is 9.25. The molecule has 4 rings (SSSR count). The molecule has 27 heavy (non-hydrogen) atoms. The Morgan fingerprint density at radius 2 is 1.67 bits per heavy atom. The zero-order chi connectivity index (χ0) is 18.7. The van der Waals surface area contributed by atoms with E-state index in [2.05, 4.69) is 0 Å². The fraction of sp³-hybridized carbons (Fsp3) is 0.208. The predicted octanol–water partition coefficient (Wildman–Crippen LogP) is 6.22. The maximum Gasteiger partial charge on any atom is 0.173 e. The van der Waals surface area contributed by atoms with E-state index in [1.807, 2.05) is 78.9 Å². The summed E-state index contributed by atoms with van der Waals surface area (Å²) in [6.07, 6.45) is 2.82. The molecule has 0 unspecified atom stereocenters. The summed E-state index contributed by atoms with van der Waals surface area (Å²) in [5.41, 5.74) is 2.43. The van der Waals surface area contributed by atoms with Gasteiger partial charge in [0.25, 0.3) is 0 Å². The SMILES string of the molecule is O=C(c1cccc(OCc2ccccc2)c1)C1(c2ccc(Cl)cc2)CCC1. The van der Waals surface area contributed by atoms with E-state index in [1.165, 1.54) is 0 Å². The molecule has 0 atom stereocenters. The molecule has 3 heteroatoms. The third kappa shape index (κ3) is 3.63. The van der Waals surface area contributed by atoms with Crippen LogP contribution in [0, 0.1) is 0 Å². The molecule has 0 aromatic heterocycles. The van der Waals surface area contributed by atoms with Crippen molar-refractivity contribution in [2.75, 3.05) is 0 Å². The van der Waals surface area contributed by atoms with Gasteiger partial charge < -0.3 is 4.74 Å². The molecule has 1 saturated carbocycles. The molecule has 0 aliphatic heterocycles. The topological polar surface area (TPSA) is 26.3 Å². The number of ether oxygens (including phenoxy) is 1. The fourth-order valence-corrected chi connectivity index (χ4v) is 3.82. The molecule has 0 radical (unpaired) electrons. The van der Waals surface area contributed by atoms with Crippen LogP contribution in [0.1, 0.15) is 40.7 Å². The molecule has 2 nitrogen and oxygen atoms in total. The number of benzene rings is 3. The van der Waals surface area contributed by atoms with Gasteiger partial charge in [-0.3, -0.25) is 4.79 Å². The van der Waals surface area contributed by atoms with Gasteiger partial charge in [0.2, 0.25) is 0 Å². The monoisotopic (exact) mass is 376 g/mol. The Kier molecular flexibility index (Phi) is 5.00. The lowest BCUT2D eigenvalue weighted by Crippen LogP contribution is -2.42. The molecule has 0 N–H and O–H groups in total. The van der Waals surface area contributed by atoms with Gasteiger partial charge in [0.05, 0.1) is 5.41 Å². The van der Waals surface area contributed by atoms with Gasteiger partial charge in [-0.25, -0.2) is 0 Å². The molecule has 136 valence electrons. The van der Waals surface area contributed by atoms with E-state index in [4.69, 9.17) is 16.3 Å². The van der Waals surface area contributed by atoms with Gasteiger partial charge in [-0.05, 0) is 48.2 Å². The smallest absolute Gasteiger partial charge is 0.173 e. The summed E-state index contributed by atoms with van der Waals surface area (Å²) in [6.45, 7) is 0.487. The van der Waals surface area contributed by atoms with Gasteiger partial charge in [0, 0.05) is 10.6 Å². The number of halogens is 1. The standard InChI is InChI=1S/C24H21ClO2/c25-21-12-10-20(11-13-21)24(14-5-15-24)23(26)19-8-4-9-22(16-19)27-17-18-6-2-1-3-7-18/h1-4,6-13,16H,5,14-15,17H2. The lowest BCUT2D eigenvalue weighted by Gasteiger charge is -2.41. The fourth-order valence-electron chi connectivity index (χ4n) is 3.69. The number of ketones is 1. The minimum absolute atomic E-state index is 0.168. The van der Waals surface area contributed by atoms with E-state index in [9.17, 15) is 4.79 Å². The van der Waals surface area contributed by atoms with Gasteiger partial charge in [-0.1, -0.05) is 72.6 Å². The van der Waals surface area contributed by atoms with E-state index in [0.29, 0.717) is 17.2 Å². The van der Waals surface area contributed by atoms with Crippen molar-refractivity contribution in [1.82, 2.24) is 0 Å². The summed E-state index contributed by atoms with van der Waals surface area (Å²) < 4.78 is 5.90. The van der Waals surface area contributed by atoms with Crippen molar-refractivity contribution in [1.29, 1.82) is 0 Å². The zero-order valence-electron chi connectivity index (χ0n) is 15.0. The molecule has 1 aliphatic rings. The van der Waals surface area contributed by atoms with Crippen molar-refractivity contribution in [3.05, 3.63) is 101 Å². The maximum atomic E-state index is 13.4. The Balaban J connectivity index is 1.55. The van der Waals surface area contributed by atoms with Gasteiger partial charge in [0.1, 0.15) is 12.4 Å². The van der Waals surface area contributed by atoms with Crippen molar-refractivity contribution in [2.45, 2.75) is 31.3 Å². The summed E-state index contributed by atoms with van der Waals surface area (Å²) in [5.74, 6) is 0.886. The first-order chi connectivity index (χ1) is 13.2. The summed E-state index contributed by atoms with van der Waals surface area (Å²) in [4.78, 5) is 13.4. The Hall–Kier alpha value is -2.58. The molecule has 3 aromatic carbocycles. The molecular formula is C24H21ClO2. The Labute approximate surface area is 164 Å². The van der Waals surface area contributed by atoms with Crippen LogP contribution in [0.15, 0.2) is 78.9 Å². The van der Waals surface area contributed by atoms with Crippen LogP contribution in [0.25, 0.3) is 0 Å². The molecular weight excluding hydrogens is 356 g/mol. The summed E-state index contributed by atoms with van der Waals surface area (Å²) in [6, 6.07) is 25.2. The molecule has 0 bridgehead atoms. The van der Waals surface area contributed by atoms with Gasteiger partial charge in [-0.15, -0.1) is 0 Å². The second kappa shape index (κ2) is 7.58. The largest absolute Gasteiger partial charge is 0.489 e. The number of Topliss-reactive ketones (excluding diaryl/α,β-unsaturated/α-hetero) is 1. The zero-order valence-corrected chi connectivity index (χ0v) is 15.8. The molecule has 3 aromatic rings. The quantitative estimate of drug-likeness (QED) is 0.477. The minimum Gasteiger partial charge on any atom is -0.489 e. The lowest BCUT2D eigenvalue weighted by molar-refractivity contribution is 0.0788. The van der Waals surface area contributed by atoms with Crippen LogP contribution in [-0.4, -0.2) is 5.78 Å². The van der Waals surface area contributed by atoms with Crippen LogP contribution in [-0.2, 0) is 12.0 Å². The first-order valence-corrected chi connectivity index (χ1v) is 9.63. The van der Waals surface area contributed by atoms with E-state index in [-0.39, 0.29) is 5.78 Å². The molecule has 0 spiro atoms. The minimum atomic E-state index is -0.428. The summed E-state index contributed by atoms with van der Waals surface area (Å²) >= 11 is 6.02. The lowest BCUT2D eigenvalue weighted by atomic mass is 9.61. The van der Waals surface area contributed by atoms with Crippen molar-refractivity contribution >= 4 is 17.4 Å². The first kappa shape index (κ1) is 17.8. The van der Waals surface area contributed by atoms with Crippen LogP contribution < -0.4 is 4.74 Å². The normalized spacial score (nSPS) is 15.0. The molecule has 1 aliphatic carbocycles. The number of hydrogen-bond acceptors (Lipinski definition) is 2. The highest BCUT2D eigenvalue weighted by molar-refractivity contribution is 6.30. The van der Waals surface area contributed by atoms with Gasteiger partial charge in [0.15, 0.2) is 5.78 Å². The predicted molar refractivity (Wildman–Crippen MR) is 109 cm³/mol. The summed E-state index contributed by atoms with van der Waals surface area (Å²) in [7, 11) is 0. The molecule has 1 fully saturated rings. The highest BCUT2D eigenvalue weighted by Gasteiger charge is 2.45. The Bertz CT molecular complexity index is 928. The van der Waals surface area contributed by atoms with Crippen molar-refractivity contribution in [3.63, 3.8) is 0 Å².